The van der Waals surface area contributed by atoms with Crippen molar-refractivity contribution in [3.05, 3.63) is 17.7 Å². The second-order valence-electron chi connectivity index (χ2n) is 6.17. The van der Waals surface area contributed by atoms with Gasteiger partial charge in [-0.05, 0) is 37.5 Å². The molecule has 6 nitrogen and oxygen atoms in total. The quantitative estimate of drug-likeness (QED) is 0.711. The van der Waals surface area contributed by atoms with Gasteiger partial charge in [0.1, 0.15) is 0 Å². The molecule has 0 saturated carbocycles. The maximum Gasteiger partial charge on any atom is 0.224 e. The molecule has 0 aromatic heterocycles. The first-order valence-electron chi connectivity index (χ1n) is 6.97. The maximum absolute atomic E-state index is 11.7. The number of nitrogens with two attached hydrogens (primary N) is 1. The zero-order chi connectivity index (χ0) is 15.3. The van der Waals surface area contributed by atoms with E-state index in [9.17, 15) is 13.2 Å². The number of amides is 1. The summed E-state index contributed by atoms with van der Waals surface area (Å²) < 4.78 is 23.3. The fraction of sp³-hybridized carbons (Fsp3) is 0.500. The molecule has 2 aliphatic heterocycles. The van der Waals surface area contributed by atoms with Gasteiger partial charge in [0.15, 0.2) is 9.84 Å². The van der Waals surface area contributed by atoms with Crippen LogP contribution in [0.5, 0.6) is 0 Å². The fourth-order valence-corrected chi connectivity index (χ4v) is 5.08. The summed E-state index contributed by atoms with van der Waals surface area (Å²) in [6.07, 6.45) is 1.70. The summed E-state index contributed by atoms with van der Waals surface area (Å²) >= 11 is 0. The molecule has 0 spiro atoms. The van der Waals surface area contributed by atoms with E-state index in [1.54, 1.807) is 6.07 Å². The second kappa shape index (κ2) is 4.62. The average molecular weight is 309 g/mol. The number of fused-ring (bicyclic) bond motifs is 1. The lowest BCUT2D eigenvalue weighted by Crippen LogP contribution is -2.36. The molecule has 1 unspecified atom stereocenters. The molecule has 1 amide bonds. The standard InChI is InChI=1S/C14H19N3O3S/c1-14(4-5-21(19,20)8-14)17-12-6-9-2-3-13(18)16-11(9)7-10(12)15/h6-7,17H,2-5,8,15H2,1H3,(H,16,18). The van der Waals surface area contributed by atoms with Gasteiger partial charge >= 0.3 is 0 Å². The third-order valence-corrected chi connectivity index (χ3v) is 6.01. The highest BCUT2D eigenvalue weighted by Gasteiger charge is 2.38. The van der Waals surface area contributed by atoms with Crippen LogP contribution in [0.15, 0.2) is 12.1 Å². The molecule has 0 bridgehead atoms. The summed E-state index contributed by atoms with van der Waals surface area (Å²) in [7, 11) is -2.97. The predicted octanol–water partition coefficient (Wildman–Crippen LogP) is 1.14. The van der Waals surface area contributed by atoms with Gasteiger partial charge in [0.25, 0.3) is 0 Å². The lowest BCUT2D eigenvalue weighted by Gasteiger charge is -2.28. The van der Waals surface area contributed by atoms with Crippen LogP contribution in [0, 0.1) is 0 Å². The lowest BCUT2D eigenvalue weighted by atomic mass is 9.98. The highest BCUT2D eigenvalue weighted by molar-refractivity contribution is 7.91. The molecular formula is C14H19N3O3S. The number of carbonyl (C=O) groups excluding carboxylic acids is 1. The third kappa shape index (κ3) is 2.83. The van der Waals surface area contributed by atoms with E-state index in [4.69, 9.17) is 5.73 Å². The molecule has 0 radical (unpaired) electrons. The number of nitrogens with one attached hydrogen (secondary N) is 2. The van der Waals surface area contributed by atoms with E-state index in [1.165, 1.54) is 0 Å². The minimum atomic E-state index is -2.97. The van der Waals surface area contributed by atoms with Gasteiger partial charge in [0, 0.05) is 17.6 Å². The normalized spacial score (nSPS) is 27.0. The SMILES string of the molecule is CC1(Nc2cc3c(cc2N)NC(=O)CC3)CCS(=O)(=O)C1. The number of sulfone groups is 1. The van der Waals surface area contributed by atoms with E-state index in [0.29, 0.717) is 24.9 Å². The summed E-state index contributed by atoms with van der Waals surface area (Å²) in [5.41, 5.74) is 8.57. The second-order valence-corrected chi connectivity index (χ2v) is 8.36. The van der Waals surface area contributed by atoms with Crippen LogP contribution in [0.1, 0.15) is 25.3 Å². The monoisotopic (exact) mass is 309 g/mol. The summed E-state index contributed by atoms with van der Waals surface area (Å²) in [6.45, 7) is 1.90. The molecule has 2 heterocycles. The largest absolute Gasteiger partial charge is 0.397 e. The summed E-state index contributed by atoms with van der Waals surface area (Å²) in [5.74, 6) is 0.321. The molecule has 2 aliphatic rings. The zero-order valence-electron chi connectivity index (χ0n) is 11.9. The van der Waals surface area contributed by atoms with Gasteiger partial charge in [-0.25, -0.2) is 8.42 Å². The Bertz CT molecular complexity index is 714. The van der Waals surface area contributed by atoms with Crippen molar-refractivity contribution in [3.63, 3.8) is 0 Å². The highest BCUT2D eigenvalue weighted by Crippen LogP contribution is 2.35. The third-order valence-electron chi connectivity index (χ3n) is 4.11. The van der Waals surface area contributed by atoms with Crippen molar-refractivity contribution in [1.82, 2.24) is 0 Å². The molecule has 0 aliphatic carbocycles. The van der Waals surface area contributed by atoms with E-state index < -0.39 is 15.4 Å². The van der Waals surface area contributed by atoms with Crippen LogP contribution in [-0.2, 0) is 21.1 Å². The average Bonchev–Trinajstić information content (AvgIpc) is 2.65. The van der Waals surface area contributed by atoms with Crippen LogP contribution in [0.2, 0.25) is 0 Å². The number of hydrogen-bond acceptors (Lipinski definition) is 5. The minimum absolute atomic E-state index is 0.00328. The van der Waals surface area contributed by atoms with Crippen molar-refractivity contribution in [1.29, 1.82) is 0 Å². The number of nitrogen functional groups attached to an aromatic ring is 1. The number of benzene rings is 1. The molecule has 1 atom stereocenters. The number of hydrogen-bond donors (Lipinski definition) is 3. The Morgan fingerprint density at radius 3 is 2.76 bits per heavy atom. The first kappa shape index (κ1) is 14.2. The van der Waals surface area contributed by atoms with Gasteiger partial charge in [-0.2, -0.15) is 0 Å². The molecule has 7 heteroatoms. The Balaban J connectivity index is 1.88. The van der Waals surface area contributed by atoms with Crippen molar-refractivity contribution in [3.8, 4) is 0 Å². The molecule has 1 aromatic carbocycles. The topological polar surface area (TPSA) is 101 Å². The lowest BCUT2D eigenvalue weighted by molar-refractivity contribution is -0.116. The molecule has 1 aromatic rings. The molecule has 4 N–H and O–H groups in total. The van der Waals surface area contributed by atoms with Crippen molar-refractivity contribution in [2.24, 2.45) is 0 Å². The van der Waals surface area contributed by atoms with E-state index in [1.807, 2.05) is 13.0 Å². The van der Waals surface area contributed by atoms with Gasteiger partial charge in [-0.1, -0.05) is 0 Å². The predicted molar refractivity (Wildman–Crippen MR) is 83.1 cm³/mol. The smallest absolute Gasteiger partial charge is 0.224 e. The van der Waals surface area contributed by atoms with Crippen LogP contribution < -0.4 is 16.4 Å². The summed E-state index contributed by atoms with van der Waals surface area (Å²) in [6, 6.07) is 3.65. The maximum atomic E-state index is 11.7. The zero-order valence-corrected chi connectivity index (χ0v) is 12.7. The van der Waals surface area contributed by atoms with E-state index in [-0.39, 0.29) is 17.4 Å². The summed E-state index contributed by atoms with van der Waals surface area (Å²) in [5, 5.41) is 6.09. The van der Waals surface area contributed by atoms with Crippen molar-refractivity contribution in [2.75, 3.05) is 27.9 Å². The first-order valence-corrected chi connectivity index (χ1v) is 8.79. The van der Waals surface area contributed by atoms with E-state index in [0.717, 1.165) is 16.9 Å². The van der Waals surface area contributed by atoms with Crippen molar-refractivity contribution in [2.45, 2.75) is 31.7 Å². The van der Waals surface area contributed by atoms with Gasteiger partial charge in [0.2, 0.25) is 5.91 Å². The van der Waals surface area contributed by atoms with Gasteiger partial charge in [-0.3, -0.25) is 4.79 Å². The Hall–Kier alpha value is -1.76. The Kier molecular flexibility index (Phi) is 3.12. The van der Waals surface area contributed by atoms with Crippen LogP contribution in [0.4, 0.5) is 17.1 Å². The highest BCUT2D eigenvalue weighted by atomic mass is 32.2. The van der Waals surface area contributed by atoms with Crippen LogP contribution in [0.3, 0.4) is 0 Å². The minimum Gasteiger partial charge on any atom is -0.397 e. The molecular weight excluding hydrogens is 290 g/mol. The molecule has 114 valence electrons. The van der Waals surface area contributed by atoms with Gasteiger partial charge in [0.05, 0.1) is 22.9 Å². The van der Waals surface area contributed by atoms with E-state index >= 15 is 0 Å². The Morgan fingerprint density at radius 1 is 1.33 bits per heavy atom. The number of rotatable bonds is 2. The van der Waals surface area contributed by atoms with Crippen LogP contribution in [0.25, 0.3) is 0 Å². The molecule has 1 fully saturated rings. The van der Waals surface area contributed by atoms with Crippen molar-refractivity contribution < 1.29 is 13.2 Å². The molecule has 1 saturated heterocycles. The number of anilines is 3. The first-order chi connectivity index (χ1) is 9.76. The van der Waals surface area contributed by atoms with Crippen molar-refractivity contribution >= 4 is 32.8 Å². The van der Waals surface area contributed by atoms with Crippen LogP contribution in [-0.4, -0.2) is 31.4 Å². The van der Waals surface area contributed by atoms with Gasteiger partial charge in [-0.15, -0.1) is 0 Å². The van der Waals surface area contributed by atoms with Gasteiger partial charge < -0.3 is 16.4 Å². The Morgan fingerprint density at radius 2 is 2.10 bits per heavy atom. The van der Waals surface area contributed by atoms with E-state index in [2.05, 4.69) is 10.6 Å². The fourth-order valence-electron chi connectivity index (χ4n) is 2.99. The molecule has 3 rings (SSSR count). The summed E-state index contributed by atoms with van der Waals surface area (Å²) in [4.78, 5) is 11.4. The van der Waals surface area contributed by atoms with Crippen LogP contribution >= 0.6 is 0 Å². The number of carbonyl (C=O) groups is 1. The number of aryl methyl sites for hydroxylation is 1. The molecule has 21 heavy (non-hydrogen) atoms. The Labute approximate surface area is 124 Å².